The lowest BCUT2D eigenvalue weighted by molar-refractivity contribution is 0.107. The van der Waals surface area contributed by atoms with Crippen molar-refractivity contribution >= 4 is 22.2 Å². The highest BCUT2D eigenvalue weighted by Crippen LogP contribution is 2.27. The molecule has 0 aliphatic heterocycles. The Bertz CT molecular complexity index is 570. The first-order valence-corrected chi connectivity index (χ1v) is 7.58. The number of ether oxygens (including phenoxy) is 2. The monoisotopic (exact) mass is 348 g/mol. The van der Waals surface area contributed by atoms with E-state index in [9.17, 15) is 4.79 Å². The molecule has 3 nitrogen and oxygen atoms in total. The zero-order valence-corrected chi connectivity index (χ0v) is 13.2. The molecule has 21 heavy (non-hydrogen) atoms. The summed E-state index contributed by atoms with van der Waals surface area (Å²) in [5.74, 6) is 0.683. The van der Waals surface area contributed by atoms with Gasteiger partial charge in [-0.25, -0.2) is 0 Å². The summed E-state index contributed by atoms with van der Waals surface area (Å²) in [7, 11) is 0. The van der Waals surface area contributed by atoms with E-state index in [2.05, 4.69) is 15.9 Å². The second-order valence-electron chi connectivity index (χ2n) is 4.52. The summed E-state index contributed by atoms with van der Waals surface area (Å²) in [6.45, 7) is 1.81. The molecular formula is C17H17BrO3. The lowest BCUT2D eigenvalue weighted by Gasteiger charge is -2.09. The van der Waals surface area contributed by atoms with Gasteiger partial charge in [0.05, 0.1) is 24.3 Å². The number of carbonyl (C=O) groups is 1. The number of benzene rings is 2. The smallest absolute Gasteiger partial charge is 0.151 e. The fourth-order valence-electron chi connectivity index (χ4n) is 1.84. The van der Waals surface area contributed by atoms with Crippen molar-refractivity contribution in [2.45, 2.75) is 13.0 Å². The number of hydrogen-bond donors (Lipinski definition) is 0. The molecule has 0 N–H and O–H groups in total. The van der Waals surface area contributed by atoms with Crippen molar-refractivity contribution in [1.29, 1.82) is 0 Å². The molecule has 0 unspecified atom stereocenters. The molecular weight excluding hydrogens is 332 g/mol. The van der Waals surface area contributed by atoms with Gasteiger partial charge in [-0.2, -0.15) is 0 Å². The standard InChI is InChI=1S/C17H17BrO3/c18-17-15(12-19)8-4-9-16(17)21-11-5-10-20-13-14-6-2-1-3-7-14/h1-4,6-9,12H,5,10-11,13H2. The van der Waals surface area contributed by atoms with E-state index in [1.54, 1.807) is 12.1 Å². The molecule has 4 heteroatoms. The van der Waals surface area contributed by atoms with Crippen molar-refractivity contribution < 1.29 is 14.3 Å². The predicted octanol–water partition coefficient (Wildman–Crippen LogP) is 4.25. The van der Waals surface area contributed by atoms with E-state index in [-0.39, 0.29) is 0 Å². The first-order valence-electron chi connectivity index (χ1n) is 6.79. The van der Waals surface area contributed by atoms with Crippen molar-refractivity contribution in [3.63, 3.8) is 0 Å². The zero-order chi connectivity index (χ0) is 14.9. The molecule has 0 fully saturated rings. The Balaban J connectivity index is 1.67. The maximum atomic E-state index is 10.8. The van der Waals surface area contributed by atoms with Crippen LogP contribution in [0.25, 0.3) is 0 Å². The van der Waals surface area contributed by atoms with Gasteiger partial charge in [-0.15, -0.1) is 0 Å². The molecule has 2 aromatic rings. The Morgan fingerprint density at radius 1 is 1.00 bits per heavy atom. The van der Waals surface area contributed by atoms with E-state index in [4.69, 9.17) is 9.47 Å². The van der Waals surface area contributed by atoms with Crippen LogP contribution in [0.3, 0.4) is 0 Å². The van der Waals surface area contributed by atoms with Crippen molar-refractivity contribution in [3.8, 4) is 5.75 Å². The largest absolute Gasteiger partial charge is 0.492 e. The van der Waals surface area contributed by atoms with Gasteiger partial charge in [0.2, 0.25) is 0 Å². The highest BCUT2D eigenvalue weighted by atomic mass is 79.9. The molecule has 2 rings (SSSR count). The van der Waals surface area contributed by atoms with Crippen molar-refractivity contribution in [2.75, 3.05) is 13.2 Å². The fourth-order valence-corrected chi connectivity index (χ4v) is 2.31. The Morgan fingerprint density at radius 3 is 2.57 bits per heavy atom. The minimum absolute atomic E-state index is 0.551. The minimum Gasteiger partial charge on any atom is -0.492 e. The summed E-state index contributed by atoms with van der Waals surface area (Å²) in [5, 5.41) is 0. The number of aldehydes is 1. The summed E-state index contributed by atoms with van der Waals surface area (Å²) in [6, 6.07) is 15.4. The van der Waals surface area contributed by atoms with Gasteiger partial charge in [-0.05, 0) is 27.6 Å². The molecule has 0 amide bonds. The van der Waals surface area contributed by atoms with Crippen LogP contribution >= 0.6 is 15.9 Å². The van der Waals surface area contributed by atoms with Gasteiger partial charge in [-0.3, -0.25) is 4.79 Å². The summed E-state index contributed by atoms with van der Waals surface area (Å²) in [6.07, 6.45) is 1.60. The highest BCUT2D eigenvalue weighted by molar-refractivity contribution is 9.10. The van der Waals surface area contributed by atoms with E-state index in [1.807, 2.05) is 36.4 Å². The number of halogens is 1. The van der Waals surface area contributed by atoms with Crippen LogP contribution < -0.4 is 4.74 Å². The lowest BCUT2D eigenvalue weighted by atomic mass is 10.2. The van der Waals surface area contributed by atoms with Gasteiger partial charge in [0.1, 0.15) is 5.75 Å². The Morgan fingerprint density at radius 2 is 1.81 bits per heavy atom. The number of carbonyl (C=O) groups excluding carboxylic acids is 1. The van der Waals surface area contributed by atoms with E-state index in [1.165, 1.54) is 5.56 Å². The van der Waals surface area contributed by atoms with E-state index < -0.39 is 0 Å². The quantitative estimate of drug-likeness (QED) is 0.528. The second-order valence-corrected chi connectivity index (χ2v) is 5.31. The number of hydrogen-bond acceptors (Lipinski definition) is 3. The van der Waals surface area contributed by atoms with Gasteiger partial charge >= 0.3 is 0 Å². The molecule has 110 valence electrons. The van der Waals surface area contributed by atoms with Crippen LogP contribution in [-0.2, 0) is 11.3 Å². The Hall–Kier alpha value is -1.65. The lowest BCUT2D eigenvalue weighted by Crippen LogP contribution is -2.04. The topological polar surface area (TPSA) is 35.5 Å². The first kappa shape index (κ1) is 15.7. The first-order chi connectivity index (χ1) is 10.3. The van der Waals surface area contributed by atoms with Gasteiger partial charge in [0.25, 0.3) is 0 Å². The van der Waals surface area contributed by atoms with Gasteiger partial charge in [-0.1, -0.05) is 42.5 Å². The third-order valence-corrected chi connectivity index (χ3v) is 3.77. The predicted molar refractivity (Wildman–Crippen MR) is 85.7 cm³/mol. The van der Waals surface area contributed by atoms with E-state index in [0.717, 1.165) is 12.7 Å². The molecule has 0 aliphatic rings. The van der Waals surface area contributed by atoms with Crippen molar-refractivity contribution in [1.82, 2.24) is 0 Å². The van der Waals surface area contributed by atoms with Crippen LogP contribution in [0.4, 0.5) is 0 Å². The summed E-state index contributed by atoms with van der Waals surface area (Å²) in [4.78, 5) is 10.8. The Kier molecular flexibility index (Phi) is 6.44. The molecule has 2 aromatic carbocycles. The average Bonchev–Trinajstić information content (AvgIpc) is 2.53. The van der Waals surface area contributed by atoms with Gasteiger partial charge in [0, 0.05) is 12.0 Å². The molecule has 0 saturated heterocycles. The fraction of sp³-hybridized carbons (Fsp3) is 0.235. The molecule has 0 atom stereocenters. The molecule has 0 saturated carbocycles. The van der Waals surface area contributed by atoms with Crippen molar-refractivity contribution in [2.24, 2.45) is 0 Å². The maximum Gasteiger partial charge on any atom is 0.151 e. The zero-order valence-electron chi connectivity index (χ0n) is 11.6. The van der Waals surface area contributed by atoms with Crippen LogP contribution in [0.5, 0.6) is 5.75 Å². The molecule has 0 aliphatic carbocycles. The molecule has 0 spiro atoms. The molecule has 0 aromatic heterocycles. The van der Waals surface area contributed by atoms with Crippen LogP contribution in [0.2, 0.25) is 0 Å². The summed E-state index contributed by atoms with van der Waals surface area (Å²) >= 11 is 3.37. The number of rotatable bonds is 8. The summed E-state index contributed by atoms with van der Waals surface area (Å²) < 4.78 is 11.9. The van der Waals surface area contributed by atoms with Crippen LogP contribution in [0.1, 0.15) is 22.3 Å². The Labute approximate surface area is 133 Å². The summed E-state index contributed by atoms with van der Waals surface area (Å²) in [5.41, 5.74) is 1.76. The maximum absolute atomic E-state index is 10.8. The van der Waals surface area contributed by atoms with Gasteiger partial charge < -0.3 is 9.47 Å². The SMILES string of the molecule is O=Cc1cccc(OCCCOCc2ccccc2)c1Br. The van der Waals surface area contributed by atoms with Crippen LogP contribution in [0, 0.1) is 0 Å². The molecule has 0 radical (unpaired) electrons. The van der Waals surface area contributed by atoms with Gasteiger partial charge in [0.15, 0.2) is 6.29 Å². The van der Waals surface area contributed by atoms with E-state index in [0.29, 0.717) is 35.6 Å². The highest BCUT2D eigenvalue weighted by Gasteiger charge is 2.05. The second kappa shape index (κ2) is 8.60. The van der Waals surface area contributed by atoms with Crippen molar-refractivity contribution in [3.05, 3.63) is 64.1 Å². The normalized spacial score (nSPS) is 10.3. The third kappa shape index (κ3) is 4.99. The minimum atomic E-state index is 0.551. The third-order valence-electron chi connectivity index (χ3n) is 2.92. The van der Waals surface area contributed by atoms with Crippen LogP contribution in [-0.4, -0.2) is 19.5 Å². The van der Waals surface area contributed by atoms with Crippen LogP contribution in [0.15, 0.2) is 53.0 Å². The average molecular weight is 349 g/mol. The van der Waals surface area contributed by atoms with E-state index >= 15 is 0 Å². The molecule has 0 bridgehead atoms. The molecule has 0 heterocycles.